The largest absolute Gasteiger partial charge is 0.453 e. The van der Waals surface area contributed by atoms with Gasteiger partial charge in [0.15, 0.2) is 4.73 Å². The van der Waals surface area contributed by atoms with Gasteiger partial charge in [-0.15, -0.1) is 5.10 Å². The summed E-state index contributed by atoms with van der Waals surface area (Å²) in [6, 6.07) is 0. The molecule has 0 radical (unpaired) electrons. The van der Waals surface area contributed by atoms with Gasteiger partial charge in [-0.3, -0.25) is 0 Å². The lowest BCUT2D eigenvalue weighted by molar-refractivity contribution is -0.145. The molecule has 0 atom stereocenters. The number of hydrogen-bond acceptors (Lipinski definition) is 3. The van der Waals surface area contributed by atoms with Crippen molar-refractivity contribution in [2.75, 3.05) is 7.11 Å². The van der Waals surface area contributed by atoms with Gasteiger partial charge in [-0.05, 0) is 15.9 Å². The van der Waals surface area contributed by atoms with Crippen LogP contribution < -0.4 is 0 Å². The van der Waals surface area contributed by atoms with E-state index in [1.165, 1.54) is 7.11 Å². The van der Waals surface area contributed by atoms with Gasteiger partial charge < -0.3 is 4.74 Å². The van der Waals surface area contributed by atoms with E-state index in [4.69, 9.17) is 0 Å². The minimum atomic E-state index is -4.53. The van der Waals surface area contributed by atoms with Crippen LogP contribution in [0.2, 0.25) is 0 Å². The molecule has 0 N–H and O–H groups in total. The van der Waals surface area contributed by atoms with Crippen molar-refractivity contribution in [3.8, 4) is 0 Å². The molecule has 0 saturated heterocycles. The highest BCUT2D eigenvalue weighted by atomic mass is 79.9. The van der Waals surface area contributed by atoms with Gasteiger partial charge in [-0.1, -0.05) is 0 Å². The fourth-order valence-electron chi connectivity index (χ4n) is 0.648. The number of alkyl halides is 3. The van der Waals surface area contributed by atoms with Gasteiger partial charge in [-0.2, -0.15) is 18.2 Å². The van der Waals surface area contributed by atoms with Crippen LogP contribution in [-0.2, 0) is 17.6 Å². The third kappa shape index (κ3) is 2.41. The molecule has 0 fully saturated rings. The second kappa shape index (κ2) is 3.62. The highest BCUT2D eigenvalue weighted by molar-refractivity contribution is 9.10. The molecule has 8 heteroatoms. The maximum absolute atomic E-state index is 12.0. The summed E-state index contributed by atoms with van der Waals surface area (Å²) in [6.07, 6.45) is -4.53. The minimum Gasteiger partial charge on any atom is -0.362 e. The molecule has 0 aliphatic heterocycles. The van der Waals surface area contributed by atoms with Crippen molar-refractivity contribution < 1.29 is 17.9 Å². The third-order valence-corrected chi connectivity index (χ3v) is 1.72. The summed E-state index contributed by atoms with van der Waals surface area (Å²) in [4.78, 5) is 3.16. The van der Waals surface area contributed by atoms with E-state index in [1.807, 2.05) is 0 Å². The fraction of sp³-hybridized carbons (Fsp3) is 0.600. The minimum absolute atomic E-state index is 0.0123. The molecule has 1 rings (SSSR count). The summed E-state index contributed by atoms with van der Waals surface area (Å²) in [5, 5.41) is 3.18. The zero-order valence-corrected chi connectivity index (χ0v) is 8.05. The van der Waals surface area contributed by atoms with E-state index in [9.17, 15) is 13.2 Å². The Morgan fingerprint density at radius 3 is 2.54 bits per heavy atom. The fourth-order valence-corrected chi connectivity index (χ4v) is 0.997. The van der Waals surface area contributed by atoms with Crippen LogP contribution in [0, 0.1) is 0 Å². The Morgan fingerprint density at radius 2 is 2.15 bits per heavy atom. The number of rotatable bonds is 2. The summed E-state index contributed by atoms with van der Waals surface area (Å²) < 4.78 is 41.6. The Bertz CT molecular complexity index is 298. The lowest BCUT2D eigenvalue weighted by Crippen LogP contribution is -2.09. The Kier molecular flexibility index (Phi) is 2.91. The Balaban J connectivity index is 2.95. The van der Waals surface area contributed by atoms with Gasteiger partial charge in [0.2, 0.25) is 0 Å². The SMILES string of the molecule is COCn1nc(C(F)(F)F)nc1Br. The van der Waals surface area contributed by atoms with E-state index in [0.717, 1.165) is 4.68 Å². The molecule has 1 heterocycles. The molecule has 0 saturated carbocycles. The molecule has 0 aromatic carbocycles. The predicted octanol–water partition coefficient (Wildman–Crippen LogP) is 1.66. The Labute approximate surface area is 79.8 Å². The second-order valence-electron chi connectivity index (χ2n) is 2.12. The Morgan fingerprint density at radius 1 is 1.54 bits per heavy atom. The van der Waals surface area contributed by atoms with Crippen LogP contribution in [0.4, 0.5) is 13.2 Å². The van der Waals surface area contributed by atoms with Gasteiger partial charge in [0.25, 0.3) is 5.82 Å². The average Bonchev–Trinajstić information content (AvgIpc) is 2.32. The van der Waals surface area contributed by atoms with Crippen molar-refractivity contribution in [3.05, 3.63) is 10.6 Å². The molecule has 74 valence electrons. The van der Waals surface area contributed by atoms with E-state index in [1.54, 1.807) is 0 Å². The smallest absolute Gasteiger partial charge is 0.362 e. The quantitative estimate of drug-likeness (QED) is 0.811. The molecule has 0 spiro atoms. The first-order valence-electron chi connectivity index (χ1n) is 3.11. The molecule has 13 heavy (non-hydrogen) atoms. The van der Waals surface area contributed by atoms with E-state index < -0.39 is 12.0 Å². The van der Waals surface area contributed by atoms with Gasteiger partial charge in [0.05, 0.1) is 0 Å². The third-order valence-electron chi connectivity index (χ3n) is 1.13. The highest BCUT2D eigenvalue weighted by Gasteiger charge is 2.36. The standard InChI is InChI=1S/C5H5BrF3N3O/c1-13-2-12-4(6)10-3(11-12)5(7,8)9/h2H2,1H3. The van der Waals surface area contributed by atoms with Crippen LogP contribution in [0.25, 0.3) is 0 Å². The van der Waals surface area contributed by atoms with Gasteiger partial charge >= 0.3 is 6.18 Å². The lowest BCUT2D eigenvalue weighted by Gasteiger charge is -1.99. The molecular weight excluding hydrogens is 255 g/mol. The maximum Gasteiger partial charge on any atom is 0.453 e. The number of aromatic nitrogens is 3. The maximum atomic E-state index is 12.0. The van der Waals surface area contributed by atoms with Crippen LogP contribution in [0.5, 0.6) is 0 Å². The van der Waals surface area contributed by atoms with Crippen molar-refractivity contribution in [2.45, 2.75) is 12.9 Å². The Hall–Kier alpha value is -0.630. The van der Waals surface area contributed by atoms with E-state index in [-0.39, 0.29) is 11.5 Å². The zero-order valence-electron chi connectivity index (χ0n) is 6.47. The average molecular weight is 260 g/mol. The number of methoxy groups -OCH3 is 1. The predicted molar refractivity (Wildman–Crippen MR) is 39.7 cm³/mol. The molecule has 1 aromatic rings. The highest BCUT2D eigenvalue weighted by Crippen LogP contribution is 2.27. The van der Waals surface area contributed by atoms with Crippen molar-refractivity contribution in [3.63, 3.8) is 0 Å². The molecule has 0 bridgehead atoms. The van der Waals surface area contributed by atoms with Gasteiger partial charge in [0, 0.05) is 7.11 Å². The topological polar surface area (TPSA) is 39.9 Å². The van der Waals surface area contributed by atoms with Gasteiger partial charge in [-0.25, -0.2) is 4.68 Å². The van der Waals surface area contributed by atoms with Crippen LogP contribution in [-0.4, -0.2) is 21.9 Å². The number of halogens is 4. The molecule has 4 nitrogen and oxygen atoms in total. The van der Waals surface area contributed by atoms with E-state index in [2.05, 4.69) is 30.7 Å². The first-order chi connectivity index (χ1) is 5.95. The molecule has 0 unspecified atom stereocenters. The molecular formula is C5H5BrF3N3O. The van der Waals surface area contributed by atoms with E-state index >= 15 is 0 Å². The normalized spacial score (nSPS) is 12.1. The molecule has 0 aliphatic rings. The van der Waals surface area contributed by atoms with E-state index in [0.29, 0.717) is 0 Å². The summed E-state index contributed by atoms with van der Waals surface area (Å²) >= 11 is 2.82. The number of hydrogen-bond donors (Lipinski definition) is 0. The first-order valence-corrected chi connectivity index (χ1v) is 3.91. The van der Waals surface area contributed by atoms with Crippen LogP contribution in [0.3, 0.4) is 0 Å². The second-order valence-corrected chi connectivity index (χ2v) is 2.83. The van der Waals surface area contributed by atoms with Crippen molar-refractivity contribution in [2.24, 2.45) is 0 Å². The van der Waals surface area contributed by atoms with Crippen LogP contribution in [0.15, 0.2) is 4.73 Å². The zero-order chi connectivity index (χ0) is 10.1. The summed E-state index contributed by atoms with van der Waals surface area (Å²) in [6.45, 7) is -0.0797. The van der Waals surface area contributed by atoms with Crippen molar-refractivity contribution in [1.29, 1.82) is 0 Å². The molecule has 0 aliphatic carbocycles. The molecule has 1 aromatic heterocycles. The number of nitrogens with zero attached hydrogens (tertiary/aromatic N) is 3. The van der Waals surface area contributed by atoms with Crippen LogP contribution in [0.1, 0.15) is 5.82 Å². The first kappa shape index (κ1) is 10.5. The lowest BCUT2D eigenvalue weighted by atomic mass is 10.6. The van der Waals surface area contributed by atoms with Crippen LogP contribution >= 0.6 is 15.9 Å². The van der Waals surface area contributed by atoms with Crippen molar-refractivity contribution >= 4 is 15.9 Å². The summed E-state index contributed by atoms with van der Waals surface area (Å²) in [5.74, 6) is -1.18. The van der Waals surface area contributed by atoms with Crippen molar-refractivity contribution in [1.82, 2.24) is 14.8 Å². The van der Waals surface area contributed by atoms with Gasteiger partial charge in [0.1, 0.15) is 6.73 Å². The summed E-state index contributed by atoms with van der Waals surface area (Å²) in [5.41, 5.74) is 0. The summed E-state index contributed by atoms with van der Waals surface area (Å²) in [7, 11) is 1.35. The monoisotopic (exact) mass is 259 g/mol. The number of ether oxygens (including phenoxy) is 1. The molecule has 0 amide bonds.